The monoisotopic (exact) mass is 320 g/mol. The van der Waals surface area contributed by atoms with Crippen molar-refractivity contribution in [1.82, 2.24) is 20.0 Å². The maximum absolute atomic E-state index is 12.3. The third kappa shape index (κ3) is 2.00. The molecule has 0 saturated heterocycles. The third-order valence-corrected chi connectivity index (χ3v) is 4.94. The van der Waals surface area contributed by atoms with Gasteiger partial charge in [0.15, 0.2) is 0 Å². The van der Waals surface area contributed by atoms with Gasteiger partial charge in [-0.25, -0.2) is 9.97 Å². The number of aromatic nitrogens is 3. The maximum Gasteiger partial charge on any atom is 0.292 e. The topological polar surface area (TPSA) is 72.1 Å². The molecule has 0 N–H and O–H groups in total. The summed E-state index contributed by atoms with van der Waals surface area (Å²) in [6.07, 6.45) is 3.67. The van der Waals surface area contributed by atoms with Gasteiger partial charge in [-0.15, -0.1) is 11.3 Å². The maximum atomic E-state index is 12.3. The summed E-state index contributed by atoms with van der Waals surface area (Å²) in [4.78, 5) is 24.3. The summed E-state index contributed by atoms with van der Waals surface area (Å²) in [6, 6.07) is 1.57. The van der Waals surface area contributed by atoms with Crippen molar-refractivity contribution < 1.29 is 9.32 Å². The van der Waals surface area contributed by atoms with Crippen LogP contribution in [0.25, 0.3) is 10.2 Å². The highest BCUT2D eigenvalue weighted by molar-refractivity contribution is 7.19. The van der Waals surface area contributed by atoms with Crippen LogP contribution >= 0.6 is 22.9 Å². The smallest absolute Gasteiger partial charge is 0.292 e. The van der Waals surface area contributed by atoms with Gasteiger partial charge >= 0.3 is 0 Å². The summed E-state index contributed by atoms with van der Waals surface area (Å²) in [5.41, 5.74) is 1.15. The predicted octanol–water partition coefficient (Wildman–Crippen LogP) is 2.53. The number of thiophene rings is 1. The molecule has 106 valence electrons. The number of carbonyl (C=O) groups is 1. The van der Waals surface area contributed by atoms with Gasteiger partial charge in [-0.05, 0) is 12.0 Å². The summed E-state index contributed by atoms with van der Waals surface area (Å²) >= 11 is 7.72. The molecule has 4 heterocycles. The zero-order valence-corrected chi connectivity index (χ0v) is 12.3. The van der Waals surface area contributed by atoms with Crippen molar-refractivity contribution in [2.45, 2.75) is 13.0 Å². The lowest BCUT2D eigenvalue weighted by Gasteiger charge is -2.25. The van der Waals surface area contributed by atoms with Gasteiger partial charge < -0.3 is 9.42 Å². The van der Waals surface area contributed by atoms with E-state index in [4.69, 9.17) is 16.1 Å². The summed E-state index contributed by atoms with van der Waals surface area (Å²) < 4.78 is 4.93. The van der Waals surface area contributed by atoms with E-state index in [0.717, 1.165) is 27.1 Å². The van der Waals surface area contributed by atoms with Crippen LogP contribution in [-0.4, -0.2) is 32.5 Å². The Balaban J connectivity index is 1.71. The molecule has 0 unspecified atom stereocenters. The Hall–Kier alpha value is -1.99. The minimum absolute atomic E-state index is 0.146. The molecule has 4 rings (SSSR count). The average Bonchev–Trinajstić information content (AvgIpc) is 3.13. The van der Waals surface area contributed by atoms with E-state index in [1.165, 1.54) is 12.5 Å². The van der Waals surface area contributed by atoms with E-state index >= 15 is 0 Å². The molecule has 3 aromatic rings. The van der Waals surface area contributed by atoms with Crippen LogP contribution in [0.5, 0.6) is 0 Å². The molecule has 1 amide bonds. The standard InChI is InChI=1S/C13H9ClN4O2S/c14-11-10-7-2-4-18(13(19)8-1-3-17-20-8)5-9(7)21-12(10)16-6-15-11/h1,3,6H,2,4-5H2. The van der Waals surface area contributed by atoms with Crippen molar-refractivity contribution >= 4 is 39.1 Å². The normalized spacial score (nSPS) is 14.4. The largest absolute Gasteiger partial charge is 0.351 e. The first-order valence-corrected chi connectivity index (χ1v) is 7.54. The van der Waals surface area contributed by atoms with Crippen molar-refractivity contribution in [3.63, 3.8) is 0 Å². The zero-order valence-electron chi connectivity index (χ0n) is 10.7. The van der Waals surface area contributed by atoms with E-state index in [1.807, 2.05) is 0 Å². The summed E-state index contributed by atoms with van der Waals surface area (Å²) in [6.45, 7) is 1.15. The van der Waals surface area contributed by atoms with Gasteiger partial charge in [-0.3, -0.25) is 4.79 Å². The van der Waals surface area contributed by atoms with Crippen LogP contribution in [-0.2, 0) is 13.0 Å². The van der Waals surface area contributed by atoms with Crippen LogP contribution in [0.2, 0.25) is 5.15 Å². The SMILES string of the molecule is O=C(c1ccno1)N1CCc2c(sc3ncnc(Cl)c23)C1. The van der Waals surface area contributed by atoms with E-state index in [9.17, 15) is 4.79 Å². The Labute approximate surface area is 128 Å². The highest BCUT2D eigenvalue weighted by Crippen LogP contribution is 2.37. The Kier molecular flexibility index (Phi) is 2.90. The van der Waals surface area contributed by atoms with E-state index < -0.39 is 0 Å². The fourth-order valence-corrected chi connectivity index (χ4v) is 4.05. The van der Waals surface area contributed by atoms with Crippen molar-refractivity contribution in [3.8, 4) is 0 Å². The zero-order chi connectivity index (χ0) is 14.4. The molecule has 0 saturated carbocycles. The quantitative estimate of drug-likeness (QED) is 0.644. The third-order valence-electron chi connectivity index (χ3n) is 3.53. The number of carbonyl (C=O) groups excluding carboxylic acids is 1. The second-order valence-electron chi connectivity index (χ2n) is 4.70. The van der Waals surface area contributed by atoms with E-state index in [0.29, 0.717) is 18.2 Å². The second kappa shape index (κ2) is 4.78. The van der Waals surface area contributed by atoms with Crippen molar-refractivity contribution in [1.29, 1.82) is 0 Å². The Morgan fingerprint density at radius 2 is 2.33 bits per heavy atom. The average molecular weight is 321 g/mol. The molecular formula is C13H9ClN4O2S. The number of hydrogen-bond acceptors (Lipinski definition) is 6. The van der Waals surface area contributed by atoms with Gasteiger partial charge in [0.05, 0.1) is 18.1 Å². The van der Waals surface area contributed by atoms with Crippen LogP contribution in [0.3, 0.4) is 0 Å². The van der Waals surface area contributed by atoms with E-state index in [2.05, 4.69) is 15.1 Å². The molecule has 8 heteroatoms. The molecule has 0 radical (unpaired) electrons. The molecule has 21 heavy (non-hydrogen) atoms. The molecular weight excluding hydrogens is 312 g/mol. The van der Waals surface area contributed by atoms with Crippen molar-refractivity contribution in [2.75, 3.05) is 6.54 Å². The molecule has 0 spiro atoms. The van der Waals surface area contributed by atoms with Gasteiger partial charge in [0.25, 0.3) is 5.91 Å². The number of fused-ring (bicyclic) bond motifs is 3. The Bertz CT molecular complexity index is 830. The first-order chi connectivity index (χ1) is 10.2. The molecule has 0 atom stereocenters. The predicted molar refractivity (Wildman–Crippen MR) is 77.4 cm³/mol. The highest BCUT2D eigenvalue weighted by Gasteiger charge is 2.27. The van der Waals surface area contributed by atoms with Crippen LogP contribution in [0, 0.1) is 0 Å². The van der Waals surface area contributed by atoms with Gasteiger partial charge in [-0.2, -0.15) is 0 Å². The number of amides is 1. The lowest BCUT2D eigenvalue weighted by molar-refractivity contribution is 0.0695. The minimum atomic E-state index is -0.146. The lowest BCUT2D eigenvalue weighted by Crippen LogP contribution is -2.35. The van der Waals surface area contributed by atoms with Crippen molar-refractivity contribution in [3.05, 3.63) is 39.9 Å². The summed E-state index contributed by atoms with van der Waals surface area (Å²) in [5, 5.41) is 4.97. The molecule has 0 fully saturated rings. The van der Waals surface area contributed by atoms with Crippen LogP contribution in [0.15, 0.2) is 23.1 Å². The molecule has 1 aliphatic rings. The Morgan fingerprint density at radius 1 is 1.43 bits per heavy atom. The number of halogens is 1. The minimum Gasteiger partial charge on any atom is -0.351 e. The summed E-state index contributed by atoms with van der Waals surface area (Å²) in [7, 11) is 0. The Morgan fingerprint density at radius 3 is 3.14 bits per heavy atom. The summed E-state index contributed by atoms with van der Waals surface area (Å²) in [5.74, 6) is 0.116. The van der Waals surface area contributed by atoms with E-state index in [-0.39, 0.29) is 11.7 Å². The number of hydrogen-bond donors (Lipinski definition) is 0. The highest BCUT2D eigenvalue weighted by atomic mass is 35.5. The van der Waals surface area contributed by atoms with Crippen LogP contribution in [0.1, 0.15) is 21.0 Å². The molecule has 1 aliphatic heterocycles. The molecule has 6 nitrogen and oxygen atoms in total. The van der Waals surface area contributed by atoms with Crippen LogP contribution in [0.4, 0.5) is 0 Å². The van der Waals surface area contributed by atoms with E-state index in [1.54, 1.807) is 22.3 Å². The molecule has 3 aromatic heterocycles. The molecule has 0 aliphatic carbocycles. The lowest BCUT2D eigenvalue weighted by atomic mass is 10.1. The fourth-order valence-electron chi connectivity index (χ4n) is 2.54. The van der Waals surface area contributed by atoms with Crippen molar-refractivity contribution in [2.24, 2.45) is 0 Å². The fraction of sp³-hybridized carbons (Fsp3) is 0.231. The first kappa shape index (κ1) is 12.7. The van der Waals surface area contributed by atoms with Crippen LogP contribution < -0.4 is 0 Å². The first-order valence-electron chi connectivity index (χ1n) is 6.35. The number of rotatable bonds is 1. The van der Waals surface area contributed by atoms with Gasteiger partial charge in [0.2, 0.25) is 5.76 Å². The molecule has 0 bridgehead atoms. The second-order valence-corrected chi connectivity index (χ2v) is 6.14. The van der Waals surface area contributed by atoms with Gasteiger partial charge in [0.1, 0.15) is 16.3 Å². The number of nitrogens with zero attached hydrogens (tertiary/aromatic N) is 4. The molecule has 0 aromatic carbocycles. The van der Waals surface area contributed by atoms with Gasteiger partial charge in [0, 0.05) is 17.5 Å². The van der Waals surface area contributed by atoms with Gasteiger partial charge in [-0.1, -0.05) is 16.8 Å².